The first-order valence-corrected chi connectivity index (χ1v) is 8.91. The summed E-state index contributed by atoms with van der Waals surface area (Å²) < 4.78 is 5.14. The van der Waals surface area contributed by atoms with Gasteiger partial charge in [0.1, 0.15) is 5.75 Å². The van der Waals surface area contributed by atoms with E-state index in [9.17, 15) is 9.59 Å². The Balaban J connectivity index is 1.90. The highest BCUT2D eigenvalue weighted by atomic mass is 16.5. The number of hydrogen-bond donors (Lipinski definition) is 0. The number of Topliss-reactive ketones (excluding diaryl/α,β-unsaturated/α-hetero) is 2. The first kappa shape index (κ1) is 18.6. The summed E-state index contributed by atoms with van der Waals surface area (Å²) in [6.07, 6.45) is 0.128. The molecule has 1 unspecified atom stereocenters. The second kappa shape index (κ2) is 8.45. The minimum Gasteiger partial charge on any atom is -0.497 e. The Morgan fingerprint density at radius 2 is 1.44 bits per heavy atom. The predicted octanol–water partition coefficient (Wildman–Crippen LogP) is 5.24. The van der Waals surface area contributed by atoms with Gasteiger partial charge in [0.2, 0.25) is 0 Å². The highest BCUT2D eigenvalue weighted by molar-refractivity contribution is 6.06. The third-order valence-corrected chi connectivity index (χ3v) is 4.66. The van der Waals surface area contributed by atoms with Crippen LogP contribution in [0.4, 0.5) is 0 Å². The number of methoxy groups -OCH3 is 1. The summed E-state index contributed by atoms with van der Waals surface area (Å²) in [5.74, 6) is 0.0819. The zero-order chi connectivity index (χ0) is 19.2. The first-order valence-electron chi connectivity index (χ1n) is 8.91. The summed E-state index contributed by atoms with van der Waals surface area (Å²) in [6.45, 7) is 2.00. The topological polar surface area (TPSA) is 43.4 Å². The summed E-state index contributed by atoms with van der Waals surface area (Å²) in [4.78, 5) is 26.0. The van der Waals surface area contributed by atoms with Crippen molar-refractivity contribution in [1.29, 1.82) is 0 Å². The quantitative estimate of drug-likeness (QED) is 0.542. The molecule has 0 aliphatic heterocycles. The van der Waals surface area contributed by atoms with Crippen LogP contribution in [0.2, 0.25) is 0 Å². The Morgan fingerprint density at radius 3 is 2.04 bits per heavy atom. The molecule has 0 saturated heterocycles. The first-order chi connectivity index (χ1) is 13.1. The molecule has 1 atom stereocenters. The molecule has 0 N–H and O–H groups in total. The van der Waals surface area contributed by atoms with Crippen LogP contribution in [0, 0.1) is 6.92 Å². The lowest BCUT2D eigenvalue weighted by Gasteiger charge is -2.16. The van der Waals surface area contributed by atoms with Crippen molar-refractivity contribution in [3.63, 3.8) is 0 Å². The summed E-state index contributed by atoms with van der Waals surface area (Å²) >= 11 is 0. The number of carbonyl (C=O) groups is 2. The van der Waals surface area contributed by atoms with Crippen LogP contribution in [0.3, 0.4) is 0 Å². The van der Waals surface area contributed by atoms with Crippen molar-refractivity contribution < 1.29 is 14.3 Å². The maximum absolute atomic E-state index is 13.1. The van der Waals surface area contributed by atoms with Crippen LogP contribution in [0.1, 0.15) is 44.2 Å². The largest absolute Gasteiger partial charge is 0.497 e. The summed E-state index contributed by atoms with van der Waals surface area (Å²) in [5.41, 5.74) is 3.17. The fourth-order valence-electron chi connectivity index (χ4n) is 3.04. The van der Waals surface area contributed by atoms with E-state index in [4.69, 9.17) is 4.74 Å². The van der Waals surface area contributed by atoms with Gasteiger partial charge >= 0.3 is 0 Å². The van der Waals surface area contributed by atoms with E-state index in [-0.39, 0.29) is 18.0 Å². The molecule has 0 heterocycles. The van der Waals surface area contributed by atoms with E-state index in [1.54, 1.807) is 43.5 Å². The number of carbonyl (C=O) groups excluding carboxylic acids is 2. The summed E-state index contributed by atoms with van der Waals surface area (Å²) in [6, 6.07) is 23.9. The molecule has 3 aromatic rings. The summed E-state index contributed by atoms with van der Waals surface area (Å²) in [5, 5.41) is 0. The van der Waals surface area contributed by atoms with E-state index in [0.29, 0.717) is 16.9 Å². The van der Waals surface area contributed by atoms with Gasteiger partial charge in [-0.1, -0.05) is 60.2 Å². The van der Waals surface area contributed by atoms with Crippen molar-refractivity contribution in [2.24, 2.45) is 0 Å². The Morgan fingerprint density at radius 1 is 0.815 bits per heavy atom. The molecule has 27 heavy (non-hydrogen) atoms. The van der Waals surface area contributed by atoms with Crippen molar-refractivity contribution in [2.75, 3.05) is 7.11 Å². The molecule has 0 fully saturated rings. The van der Waals surface area contributed by atoms with Gasteiger partial charge in [-0.25, -0.2) is 0 Å². The second-order valence-electron chi connectivity index (χ2n) is 6.55. The molecule has 0 saturated carbocycles. The molecular formula is C24H22O3. The number of ether oxygens (including phenoxy) is 1. The molecule has 3 heteroatoms. The zero-order valence-electron chi connectivity index (χ0n) is 15.5. The zero-order valence-corrected chi connectivity index (χ0v) is 15.5. The molecule has 0 bridgehead atoms. The Bertz CT molecular complexity index is 910. The van der Waals surface area contributed by atoms with Gasteiger partial charge in [0.15, 0.2) is 11.6 Å². The predicted molar refractivity (Wildman–Crippen MR) is 107 cm³/mol. The normalized spacial score (nSPS) is 11.6. The lowest BCUT2D eigenvalue weighted by molar-refractivity contribution is 0.0893. The molecule has 0 aliphatic rings. The number of aryl methyl sites for hydroxylation is 1. The van der Waals surface area contributed by atoms with E-state index >= 15 is 0 Å². The fourth-order valence-corrected chi connectivity index (χ4v) is 3.04. The molecule has 136 valence electrons. The minimum absolute atomic E-state index is 0.0404. The number of ketones is 2. The smallest absolute Gasteiger partial charge is 0.170 e. The Hall–Kier alpha value is -3.20. The molecule has 0 amide bonds. The lowest BCUT2D eigenvalue weighted by Crippen LogP contribution is -2.17. The van der Waals surface area contributed by atoms with Gasteiger partial charge in [0.05, 0.1) is 13.0 Å². The van der Waals surface area contributed by atoms with Crippen LogP contribution in [0.5, 0.6) is 5.75 Å². The average molecular weight is 358 g/mol. The van der Waals surface area contributed by atoms with Gasteiger partial charge in [0, 0.05) is 17.5 Å². The molecule has 0 radical (unpaired) electrons. The van der Waals surface area contributed by atoms with E-state index in [1.807, 2.05) is 49.4 Å². The molecule has 0 aromatic heterocycles. The van der Waals surface area contributed by atoms with Gasteiger partial charge < -0.3 is 4.74 Å². The van der Waals surface area contributed by atoms with Crippen molar-refractivity contribution in [1.82, 2.24) is 0 Å². The monoisotopic (exact) mass is 358 g/mol. The SMILES string of the molecule is COc1ccc(C(=O)CC(C(=O)c2ccccc2)c2ccc(C)cc2)cc1. The van der Waals surface area contributed by atoms with Crippen LogP contribution >= 0.6 is 0 Å². The van der Waals surface area contributed by atoms with E-state index in [1.165, 1.54) is 0 Å². The number of benzene rings is 3. The lowest BCUT2D eigenvalue weighted by atomic mass is 9.85. The maximum Gasteiger partial charge on any atom is 0.170 e. The van der Waals surface area contributed by atoms with Crippen LogP contribution in [-0.4, -0.2) is 18.7 Å². The van der Waals surface area contributed by atoms with Crippen LogP contribution in [-0.2, 0) is 0 Å². The molecule has 3 rings (SSSR count). The van der Waals surface area contributed by atoms with Gasteiger partial charge in [-0.15, -0.1) is 0 Å². The number of hydrogen-bond acceptors (Lipinski definition) is 3. The molecule has 3 aromatic carbocycles. The van der Waals surface area contributed by atoms with Crippen molar-refractivity contribution in [3.05, 3.63) is 101 Å². The Kier molecular flexibility index (Phi) is 5.82. The average Bonchev–Trinajstić information content (AvgIpc) is 2.73. The van der Waals surface area contributed by atoms with Gasteiger partial charge in [-0.2, -0.15) is 0 Å². The van der Waals surface area contributed by atoms with Crippen molar-refractivity contribution in [2.45, 2.75) is 19.3 Å². The third-order valence-electron chi connectivity index (χ3n) is 4.66. The van der Waals surface area contributed by atoms with Gasteiger partial charge in [-0.05, 0) is 36.8 Å². The van der Waals surface area contributed by atoms with Crippen LogP contribution in [0.15, 0.2) is 78.9 Å². The number of rotatable bonds is 7. The van der Waals surface area contributed by atoms with Crippen LogP contribution < -0.4 is 4.74 Å². The highest BCUT2D eigenvalue weighted by Gasteiger charge is 2.25. The van der Waals surface area contributed by atoms with E-state index < -0.39 is 5.92 Å². The van der Waals surface area contributed by atoms with Crippen LogP contribution in [0.25, 0.3) is 0 Å². The van der Waals surface area contributed by atoms with E-state index in [0.717, 1.165) is 11.1 Å². The summed E-state index contributed by atoms with van der Waals surface area (Å²) in [7, 11) is 1.59. The molecular weight excluding hydrogens is 336 g/mol. The van der Waals surface area contributed by atoms with Gasteiger partial charge in [-0.3, -0.25) is 9.59 Å². The standard InChI is InChI=1S/C24H22O3/c1-17-8-10-18(11-9-17)22(24(26)20-6-4-3-5-7-20)16-23(25)19-12-14-21(27-2)15-13-19/h3-15,22H,16H2,1-2H3. The van der Waals surface area contributed by atoms with Crippen molar-refractivity contribution in [3.8, 4) is 5.75 Å². The second-order valence-corrected chi connectivity index (χ2v) is 6.55. The van der Waals surface area contributed by atoms with Gasteiger partial charge in [0.25, 0.3) is 0 Å². The third kappa shape index (κ3) is 4.50. The minimum atomic E-state index is -0.511. The van der Waals surface area contributed by atoms with Crippen molar-refractivity contribution >= 4 is 11.6 Å². The van der Waals surface area contributed by atoms with E-state index in [2.05, 4.69) is 0 Å². The highest BCUT2D eigenvalue weighted by Crippen LogP contribution is 2.27. The Labute approximate surface area is 159 Å². The molecule has 0 spiro atoms. The molecule has 0 aliphatic carbocycles. The maximum atomic E-state index is 13.1. The fraction of sp³-hybridized carbons (Fsp3) is 0.167. The molecule has 3 nitrogen and oxygen atoms in total.